The van der Waals surface area contributed by atoms with Gasteiger partial charge >= 0.3 is 0 Å². The summed E-state index contributed by atoms with van der Waals surface area (Å²) in [6.45, 7) is 4.47. The van der Waals surface area contributed by atoms with Gasteiger partial charge < -0.3 is 19.1 Å². The number of methoxy groups -OCH3 is 1. The number of amides is 1. The number of ether oxygens (including phenoxy) is 3. The minimum Gasteiger partial charge on any atom is -0.497 e. The largest absolute Gasteiger partial charge is 0.497 e. The van der Waals surface area contributed by atoms with Crippen molar-refractivity contribution in [2.75, 3.05) is 46.5 Å². The molecule has 0 aromatic heterocycles. The summed E-state index contributed by atoms with van der Waals surface area (Å²) in [5.74, 6) is 0.868. The van der Waals surface area contributed by atoms with E-state index in [1.165, 1.54) is 0 Å². The second kappa shape index (κ2) is 8.63. The van der Waals surface area contributed by atoms with E-state index < -0.39 is 6.04 Å². The summed E-state index contributed by atoms with van der Waals surface area (Å²) in [4.78, 5) is 31.2. The molecule has 0 radical (unpaired) electrons. The number of hydrogen-bond donors (Lipinski definition) is 0. The van der Waals surface area contributed by atoms with Crippen LogP contribution in [0.5, 0.6) is 5.75 Å². The molecule has 0 bridgehead atoms. The number of Topliss-reactive ketones (excluding diaryl/α,β-unsaturated/α-hetero) is 1. The van der Waals surface area contributed by atoms with E-state index in [1.807, 2.05) is 29.2 Å². The van der Waals surface area contributed by atoms with Gasteiger partial charge in [0.15, 0.2) is 11.5 Å². The summed E-state index contributed by atoms with van der Waals surface area (Å²) >= 11 is 0. The fourth-order valence-corrected chi connectivity index (χ4v) is 5.33. The lowest BCUT2D eigenvalue weighted by Crippen LogP contribution is -2.43. The molecular weight excluding hydrogens is 396 g/mol. The number of rotatable bonds is 5. The van der Waals surface area contributed by atoms with Crippen LogP contribution >= 0.6 is 0 Å². The lowest BCUT2D eigenvalue weighted by molar-refractivity contribution is -0.135. The van der Waals surface area contributed by atoms with Gasteiger partial charge in [-0.05, 0) is 37.0 Å². The highest BCUT2D eigenvalue weighted by atomic mass is 16.5. The molecular formula is C24H30N2O5. The lowest BCUT2D eigenvalue weighted by atomic mass is 9.77. The van der Waals surface area contributed by atoms with Crippen molar-refractivity contribution in [2.24, 2.45) is 5.92 Å². The van der Waals surface area contributed by atoms with Crippen molar-refractivity contribution in [3.05, 3.63) is 41.2 Å². The van der Waals surface area contributed by atoms with Gasteiger partial charge in [0.2, 0.25) is 0 Å². The third-order valence-electron chi connectivity index (χ3n) is 7.05. The van der Waals surface area contributed by atoms with Crippen LogP contribution in [0.4, 0.5) is 0 Å². The first kappa shape index (κ1) is 20.5. The Bertz CT molecular complexity index is 874. The van der Waals surface area contributed by atoms with Crippen molar-refractivity contribution in [1.82, 2.24) is 9.80 Å². The molecule has 7 heteroatoms. The molecule has 0 spiro atoms. The summed E-state index contributed by atoms with van der Waals surface area (Å²) in [6, 6.07) is 7.28. The monoisotopic (exact) mass is 426 g/mol. The Labute approximate surface area is 182 Å². The van der Waals surface area contributed by atoms with Gasteiger partial charge in [-0.25, -0.2) is 0 Å². The molecule has 2 fully saturated rings. The molecule has 1 saturated heterocycles. The third-order valence-corrected chi connectivity index (χ3v) is 7.05. The molecule has 7 nitrogen and oxygen atoms in total. The standard InChI is InChI=1S/C24H30N2O5/c1-29-17-8-6-16(7-9-17)21-20-22(27)18-4-2-3-5-19(18)31-23(20)24(28)26(21)11-10-25-12-14-30-15-13-25/h6-9,18-19,21H,2-5,10-15H2,1H3. The predicted octanol–water partition coefficient (Wildman–Crippen LogP) is 2.32. The normalized spacial score (nSPS) is 28.9. The Morgan fingerprint density at radius 2 is 1.77 bits per heavy atom. The topological polar surface area (TPSA) is 68.3 Å². The van der Waals surface area contributed by atoms with E-state index >= 15 is 0 Å². The molecule has 0 N–H and O–H groups in total. The molecule has 1 aromatic rings. The number of benzene rings is 1. The zero-order valence-corrected chi connectivity index (χ0v) is 18.0. The molecule has 31 heavy (non-hydrogen) atoms. The van der Waals surface area contributed by atoms with Crippen LogP contribution in [-0.4, -0.2) is 74.1 Å². The Balaban J connectivity index is 1.47. The van der Waals surface area contributed by atoms with Crippen LogP contribution in [0.2, 0.25) is 0 Å². The molecule has 3 unspecified atom stereocenters. The number of carbonyl (C=O) groups excluding carboxylic acids is 2. The van der Waals surface area contributed by atoms with Crippen molar-refractivity contribution in [2.45, 2.75) is 37.8 Å². The van der Waals surface area contributed by atoms with Gasteiger partial charge in [0, 0.05) is 26.2 Å². The van der Waals surface area contributed by atoms with Crippen LogP contribution in [0.1, 0.15) is 37.3 Å². The lowest BCUT2D eigenvalue weighted by Gasteiger charge is -2.35. The number of ketones is 1. The van der Waals surface area contributed by atoms with Crippen molar-refractivity contribution in [1.29, 1.82) is 0 Å². The van der Waals surface area contributed by atoms with Crippen molar-refractivity contribution >= 4 is 11.7 Å². The number of fused-ring (bicyclic) bond motifs is 1. The van der Waals surface area contributed by atoms with Gasteiger partial charge in [-0.1, -0.05) is 18.6 Å². The second-order valence-corrected chi connectivity index (χ2v) is 8.78. The van der Waals surface area contributed by atoms with E-state index in [1.54, 1.807) is 7.11 Å². The van der Waals surface area contributed by atoms with Crippen molar-refractivity contribution < 1.29 is 23.8 Å². The molecule has 5 rings (SSSR count). The molecule has 3 atom stereocenters. The fourth-order valence-electron chi connectivity index (χ4n) is 5.33. The fraction of sp³-hybridized carbons (Fsp3) is 0.583. The smallest absolute Gasteiger partial charge is 0.290 e. The molecule has 1 saturated carbocycles. The Morgan fingerprint density at radius 3 is 2.52 bits per heavy atom. The highest BCUT2D eigenvalue weighted by Crippen LogP contribution is 2.46. The highest BCUT2D eigenvalue weighted by molar-refractivity contribution is 6.11. The number of hydrogen-bond acceptors (Lipinski definition) is 6. The van der Waals surface area contributed by atoms with E-state index in [0.717, 1.165) is 69.8 Å². The second-order valence-electron chi connectivity index (χ2n) is 8.78. The van der Waals surface area contributed by atoms with Gasteiger partial charge in [0.25, 0.3) is 5.91 Å². The van der Waals surface area contributed by atoms with Gasteiger partial charge in [-0.2, -0.15) is 0 Å². The van der Waals surface area contributed by atoms with Crippen LogP contribution in [-0.2, 0) is 19.1 Å². The van der Waals surface area contributed by atoms with Crippen LogP contribution in [0.3, 0.4) is 0 Å². The summed E-state index contributed by atoms with van der Waals surface area (Å²) in [6.07, 6.45) is 3.63. The van der Waals surface area contributed by atoms with Crippen LogP contribution in [0, 0.1) is 5.92 Å². The number of morpholine rings is 1. The maximum atomic E-state index is 13.6. The molecule has 1 amide bonds. The van der Waals surface area contributed by atoms with Gasteiger partial charge in [-0.15, -0.1) is 0 Å². The van der Waals surface area contributed by atoms with E-state index in [4.69, 9.17) is 14.2 Å². The van der Waals surface area contributed by atoms with E-state index in [9.17, 15) is 9.59 Å². The van der Waals surface area contributed by atoms with Crippen LogP contribution in [0.25, 0.3) is 0 Å². The first-order chi connectivity index (χ1) is 15.2. The molecule has 3 aliphatic heterocycles. The molecule has 1 aliphatic carbocycles. The molecule has 1 aromatic carbocycles. The Hall–Kier alpha value is -2.38. The third kappa shape index (κ3) is 3.74. The first-order valence-corrected chi connectivity index (χ1v) is 11.4. The summed E-state index contributed by atoms with van der Waals surface area (Å²) in [5, 5.41) is 0. The van der Waals surface area contributed by atoms with Crippen LogP contribution < -0.4 is 4.74 Å². The summed E-state index contributed by atoms with van der Waals surface area (Å²) in [5.41, 5.74) is 1.48. The zero-order valence-electron chi connectivity index (χ0n) is 18.0. The van der Waals surface area contributed by atoms with Crippen molar-refractivity contribution in [3.63, 3.8) is 0 Å². The minimum absolute atomic E-state index is 0.106. The van der Waals surface area contributed by atoms with Gasteiger partial charge in [0.1, 0.15) is 11.9 Å². The molecule has 4 aliphatic rings. The van der Waals surface area contributed by atoms with E-state index in [0.29, 0.717) is 12.1 Å². The maximum Gasteiger partial charge on any atom is 0.290 e. The SMILES string of the molecule is COc1ccc(C2C3=C(OC4CCCCC4C3=O)C(=O)N2CCN2CCOCC2)cc1. The number of nitrogens with zero attached hydrogens (tertiary/aromatic N) is 2. The van der Waals surface area contributed by atoms with Crippen LogP contribution in [0.15, 0.2) is 35.6 Å². The van der Waals surface area contributed by atoms with Crippen molar-refractivity contribution in [3.8, 4) is 5.75 Å². The predicted molar refractivity (Wildman–Crippen MR) is 114 cm³/mol. The average Bonchev–Trinajstić information content (AvgIpc) is 3.10. The molecule has 166 valence electrons. The zero-order chi connectivity index (χ0) is 21.4. The Morgan fingerprint density at radius 1 is 1.03 bits per heavy atom. The summed E-state index contributed by atoms with van der Waals surface area (Å²) < 4.78 is 17.0. The van der Waals surface area contributed by atoms with Gasteiger partial charge in [-0.3, -0.25) is 14.5 Å². The molecule has 3 heterocycles. The highest BCUT2D eigenvalue weighted by Gasteiger charge is 2.51. The first-order valence-electron chi connectivity index (χ1n) is 11.4. The summed E-state index contributed by atoms with van der Waals surface area (Å²) in [7, 11) is 1.63. The Kier molecular flexibility index (Phi) is 5.71. The number of carbonyl (C=O) groups is 2. The maximum absolute atomic E-state index is 13.6. The minimum atomic E-state index is -0.398. The van der Waals surface area contributed by atoms with E-state index in [2.05, 4.69) is 4.90 Å². The quantitative estimate of drug-likeness (QED) is 0.720. The van der Waals surface area contributed by atoms with Gasteiger partial charge in [0.05, 0.1) is 37.9 Å². The van der Waals surface area contributed by atoms with E-state index in [-0.39, 0.29) is 29.5 Å². The average molecular weight is 427 g/mol.